The molecule has 2 aromatic rings. The van der Waals surface area contributed by atoms with Gasteiger partial charge in [-0.05, 0) is 68.7 Å². The molecule has 1 N–H and O–H groups in total. The molecule has 27 heavy (non-hydrogen) atoms. The SMILES string of the molecule is CCN(CC)c1ccc(CNS(=O)(=O)c2ccc(N3CCCC3)cc2)cc1. The van der Waals surface area contributed by atoms with E-state index in [1.165, 1.54) is 12.8 Å². The van der Waals surface area contributed by atoms with Crippen LogP contribution < -0.4 is 14.5 Å². The van der Waals surface area contributed by atoms with Crippen molar-refractivity contribution in [3.63, 3.8) is 0 Å². The number of nitrogens with one attached hydrogen (secondary N) is 1. The second kappa shape index (κ2) is 8.76. The molecule has 2 aromatic carbocycles. The largest absolute Gasteiger partial charge is 0.372 e. The van der Waals surface area contributed by atoms with Crippen LogP contribution in [0.2, 0.25) is 0 Å². The summed E-state index contributed by atoms with van der Waals surface area (Å²) in [4.78, 5) is 4.86. The summed E-state index contributed by atoms with van der Waals surface area (Å²) in [6, 6.07) is 15.2. The van der Waals surface area contributed by atoms with E-state index < -0.39 is 10.0 Å². The van der Waals surface area contributed by atoms with Crippen LogP contribution in [0, 0.1) is 0 Å². The second-order valence-corrected chi connectivity index (χ2v) is 8.62. The molecule has 0 atom stereocenters. The highest BCUT2D eigenvalue weighted by Crippen LogP contribution is 2.22. The fourth-order valence-electron chi connectivity index (χ4n) is 3.49. The summed E-state index contributed by atoms with van der Waals surface area (Å²) in [5, 5.41) is 0. The Labute approximate surface area is 163 Å². The summed E-state index contributed by atoms with van der Waals surface area (Å²) < 4.78 is 27.8. The van der Waals surface area contributed by atoms with Gasteiger partial charge in [0.2, 0.25) is 10.0 Å². The van der Waals surface area contributed by atoms with Crippen LogP contribution in [0.4, 0.5) is 11.4 Å². The standard InChI is InChI=1S/C21H29N3O2S/c1-3-23(4-2)19-9-7-18(8-10-19)17-22-27(25,26)21-13-11-20(12-14-21)24-15-5-6-16-24/h7-14,22H,3-6,15-17H2,1-2H3. The fourth-order valence-corrected chi connectivity index (χ4v) is 4.50. The number of hydrogen-bond donors (Lipinski definition) is 1. The van der Waals surface area contributed by atoms with Gasteiger partial charge in [0.15, 0.2) is 0 Å². The van der Waals surface area contributed by atoms with Gasteiger partial charge in [-0.2, -0.15) is 0 Å². The zero-order valence-electron chi connectivity index (χ0n) is 16.2. The lowest BCUT2D eigenvalue weighted by Crippen LogP contribution is -2.24. The van der Waals surface area contributed by atoms with E-state index >= 15 is 0 Å². The van der Waals surface area contributed by atoms with Gasteiger partial charge in [-0.15, -0.1) is 0 Å². The third-order valence-corrected chi connectivity index (χ3v) is 6.57. The molecule has 0 aromatic heterocycles. The molecular weight excluding hydrogens is 358 g/mol. The molecule has 0 bridgehead atoms. The van der Waals surface area contributed by atoms with Crippen LogP contribution in [0.25, 0.3) is 0 Å². The number of benzene rings is 2. The Kier molecular flexibility index (Phi) is 6.39. The molecule has 0 spiro atoms. The highest BCUT2D eigenvalue weighted by Gasteiger charge is 2.16. The molecular formula is C21H29N3O2S. The van der Waals surface area contributed by atoms with Crippen LogP contribution in [-0.2, 0) is 16.6 Å². The molecule has 1 heterocycles. The number of hydrogen-bond acceptors (Lipinski definition) is 4. The van der Waals surface area contributed by atoms with Crippen molar-refractivity contribution in [2.45, 2.75) is 38.1 Å². The maximum Gasteiger partial charge on any atom is 0.240 e. The first-order valence-corrected chi connectivity index (χ1v) is 11.2. The van der Waals surface area contributed by atoms with Crippen molar-refractivity contribution >= 4 is 21.4 Å². The fraction of sp³-hybridized carbons (Fsp3) is 0.429. The second-order valence-electron chi connectivity index (χ2n) is 6.85. The summed E-state index contributed by atoms with van der Waals surface area (Å²) in [5.74, 6) is 0. The molecule has 146 valence electrons. The van der Waals surface area contributed by atoms with Gasteiger partial charge in [0.25, 0.3) is 0 Å². The average Bonchev–Trinajstić information content (AvgIpc) is 3.23. The summed E-state index contributed by atoms with van der Waals surface area (Å²) >= 11 is 0. The van der Waals surface area contributed by atoms with Crippen molar-refractivity contribution in [1.82, 2.24) is 4.72 Å². The van der Waals surface area contributed by atoms with Gasteiger partial charge >= 0.3 is 0 Å². The van der Waals surface area contributed by atoms with Crippen LogP contribution in [0.1, 0.15) is 32.3 Å². The van der Waals surface area contributed by atoms with Gasteiger partial charge in [0.1, 0.15) is 0 Å². The predicted octanol–water partition coefficient (Wildman–Crippen LogP) is 3.61. The van der Waals surface area contributed by atoms with E-state index in [-0.39, 0.29) is 6.54 Å². The molecule has 0 unspecified atom stereocenters. The summed E-state index contributed by atoms with van der Waals surface area (Å²) in [5.41, 5.74) is 3.20. The lowest BCUT2D eigenvalue weighted by atomic mass is 10.2. The maximum absolute atomic E-state index is 12.6. The zero-order chi connectivity index (χ0) is 19.3. The van der Waals surface area contributed by atoms with E-state index in [0.717, 1.165) is 43.1 Å². The molecule has 0 saturated carbocycles. The first kappa shape index (κ1) is 19.7. The molecule has 0 aliphatic carbocycles. The summed E-state index contributed by atoms with van der Waals surface area (Å²) in [6.07, 6.45) is 2.41. The third kappa shape index (κ3) is 4.82. The third-order valence-electron chi connectivity index (χ3n) is 5.15. The van der Waals surface area contributed by atoms with Gasteiger partial charge < -0.3 is 9.80 Å². The van der Waals surface area contributed by atoms with E-state index in [2.05, 4.69) is 28.4 Å². The van der Waals surface area contributed by atoms with Gasteiger partial charge in [-0.25, -0.2) is 13.1 Å². The van der Waals surface area contributed by atoms with Crippen molar-refractivity contribution in [3.05, 3.63) is 54.1 Å². The first-order chi connectivity index (χ1) is 13.0. The number of sulfonamides is 1. The van der Waals surface area contributed by atoms with Gasteiger partial charge in [0.05, 0.1) is 4.90 Å². The molecule has 1 aliphatic rings. The Balaban J connectivity index is 1.62. The summed E-state index contributed by atoms with van der Waals surface area (Å²) in [7, 11) is -3.51. The molecule has 3 rings (SSSR count). The Hall–Kier alpha value is -2.05. The normalized spacial score (nSPS) is 14.5. The van der Waals surface area contributed by atoms with Crippen molar-refractivity contribution in [1.29, 1.82) is 0 Å². The van der Waals surface area contributed by atoms with Crippen LogP contribution in [0.15, 0.2) is 53.4 Å². The Morgan fingerprint density at radius 2 is 1.52 bits per heavy atom. The Bertz CT molecular complexity index is 823. The minimum Gasteiger partial charge on any atom is -0.372 e. The van der Waals surface area contributed by atoms with Crippen molar-refractivity contribution in [2.75, 3.05) is 36.0 Å². The number of rotatable bonds is 8. The van der Waals surface area contributed by atoms with E-state index in [9.17, 15) is 8.42 Å². The monoisotopic (exact) mass is 387 g/mol. The first-order valence-electron chi connectivity index (χ1n) is 9.72. The van der Waals surface area contributed by atoms with E-state index in [1.54, 1.807) is 12.1 Å². The van der Waals surface area contributed by atoms with Crippen LogP contribution in [-0.4, -0.2) is 34.6 Å². The quantitative estimate of drug-likeness (QED) is 0.752. The van der Waals surface area contributed by atoms with Crippen LogP contribution in [0.5, 0.6) is 0 Å². The molecule has 5 nitrogen and oxygen atoms in total. The van der Waals surface area contributed by atoms with Gasteiger partial charge in [0, 0.05) is 44.1 Å². The van der Waals surface area contributed by atoms with Gasteiger partial charge in [-0.3, -0.25) is 0 Å². The van der Waals surface area contributed by atoms with Crippen LogP contribution >= 0.6 is 0 Å². The van der Waals surface area contributed by atoms with E-state index in [4.69, 9.17) is 0 Å². The summed E-state index contributed by atoms with van der Waals surface area (Å²) in [6.45, 7) is 8.54. The van der Waals surface area contributed by atoms with Crippen LogP contribution in [0.3, 0.4) is 0 Å². The molecule has 1 aliphatic heterocycles. The molecule has 0 radical (unpaired) electrons. The lowest BCUT2D eigenvalue weighted by molar-refractivity contribution is 0.581. The Morgan fingerprint density at radius 3 is 2.07 bits per heavy atom. The molecule has 1 saturated heterocycles. The lowest BCUT2D eigenvalue weighted by Gasteiger charge is -2.21. The van der Waals surface area contributed by atoms with E-state index in [0.29, 0.717) is 4.90 Å². The van der Waals surface area contributed by atoms with Crippen molar-refractivity contribution in [2.24, 2.45) is 0 Å². The number of anilines is 2. The maximum atomic E-state index is 12.6. The molecule has 1 fully saturated rings. The van der Waals surface area contributed by atoms with E-state index in [1.807, 2.05) is 36.4 Å². The van der Waals surface area contributed by atoms with Gasteiger partial charge in [-0.1, -0.05) is 12.1 Å². The Morgan fingerprint density at radius 1 is 0.926 bits per heavy atom. The number of nitrogens with zero attached hydrogens (tertiary/aromatic N) is 2. The molecule has 6 heteroatoms. The topological polar surface area (TPSA) is 52.7 Å². The smallest absolute Gasteiger partial charge is 0.240 e. The highest BCUT2D eigenvalue weighted by atomic mass is 32.2. The predicted molar refractivity (Wildman–Crippen MR) is 112 cm³/mol. The highest BCUT2D eigenvalue weighted by molar-refractivity contribution is 7.89. The molecule has 0 amide bonds. The average molecular weight is 388 g/mol. The van der Waals surface area contributed by atoms with Crippen molar-refractivity contribution < 1.29 is 8.42 Å². The minimum absolute atomic E-state index is 0.286. The van der Waals surface area contributed by atoms with Crippen molar-refractivity contribution in [3.8, 4) is 0 Å². The zero-order valence-corrected chi connectivity index (χ0v) is 17.0. The minimum atomic E-state index is -3.51.